The molecule has 1 N–H and O–H groups in total. The first-order chi connectivity index (χ1) is 12.1. The molecule has 25 heavy (non-hydrogen) atoms. The molecule has 0 radical (unpaired) electrons. The van der Waals surface area contributed by atoms with Crippen LogP contribution in [-0.4, -0.2) is 19.8 Å². The Morgan fingerprint density at radius 3 is 2.08 bits per heavy atom. The standard InChI is InChI=1S/C20H36NO3P/c1-4-6-8-9-10-11-12-17-23-25(22,18-7-5-2)24-20-15-13-19(21-3)14-16-20/h13-16,21H,4-12,17-18H2,1-3H3. The first kappa shape index (κ1) is 22.1. The van der Waals surface area contributed by atoms with Gasteiger partial charge in [-0.3, -0.25) is 4.52 Å². The number of hydrogen-bond donors (Lipinski definition) is 1. The van der Waals surface area contributed by atoms with Crippen molar-refractivity contribution in [2.24, 2.45) is 0 Å². The van der Waals surface area contributed by atoms with Crippen LogP contribution in [0.2, 0.25) is 0 Å². The van der Waals surface area contributed by atoms with Crippen molar-refractivity contribution in [3.63, 3.8) is 0 Å². The number of anilines is 1. The summed E-state index contributed by atoms with van der Waals surface area (Å²) in [5.74, 6) is 0.609. The van der Waals surface area contributed by atoms with Crippen molar-refractivity contribution in [3.05, 3.63) is 24.3 Å². The van der Waals surface area contributed by atoms with Crippen LogP contribution in [0.4, 0.5) is 5.69 Å². The van der Waals surface area contributed by atoms with E-state index in [1.165, 1.54) is 32.1 Å². The van der Waals surface area contributed by atoms with Gasteiger partial charge in [0.15, 0.2) is 0 Å². The third-order valence-corrected chi connectivity index (χ3v) is 6.14. The van der Waals surface area contributed by atoms with Gasteiger partial charge in [-0.15, -0.1) is 0 Å². The summed E-state index contributed by atoms with van der Waals surface area (Å²) < 4.78 is 24.5. The summed E-state index contributed by atoms with van der Waals surface area (Å²) in [6.07, 6.45) is 10.8. The number of benzene rings is 1. The Bertz CT molecular complexity index is 490. The second kappa shape index (κ2) is 13.2. The molecule has 0 heterocycles. The van der Waals surface area contributed by atoms with E-state index < -0.39 is 7.60 Å². The third kappa shape index (κ3) is 9.91. The molecule has 1 aromatic carbocycles. The second-order valence-corrected chi connectivity index (χ2v) is 8.62. The van der Waals surface area contributed by atoms with Crippen molar-refractivity contribution in [2.75, 3.05) is 25.1 Å². The van der Waals surface area contributed by atoms with Crippen LogP contribution in [0.5, 0.6) is 5.75 Å². The number of unbranched alkanes of at least 4 members (excludes halogenated alkanes) is 7. The maximum Gasteiger partial charge on any atom is 0.379 e. The molecule has 144 valence electrons. The number of nitrogens with one attached hydrogen (secondary N) is 1. The maximum absolute atomic E-state index is 13.0. The average molecular weight is 369 g/mol. The Morgan fingerprint density at radius 1 is 0.880 bits per heavy atom. The lowest BCUT2D eigenvalue weighted by atomic mass is 10.1. The second-order valence-electron chi connectivity index (χ2n) is 6.51. The van der Waals surface area contributed by atoms with Gasteiger partial charge in [-0.2, -0.15) is 0 Å². The summed E-state index contributed by atoms with van der Waals surface area (Å²) in [6.45, 7) is 4.83. The van der Waals surface area contributed by atoms with Gasteiger partial charge in [-0.1, -0.05) is 58.8 Å². The van der Waals surface area contributed by atoms with Gasteiger partial charge in [0.1, 0.15) is 5.75 Å². The molecule has 0 saturated heterocycles. The highest BCUT2D eigenvalue weighted by Crippen LogP contribution is 2.49. The largest absolute Gasteiger partial charge is 0.424 e. The van der Waals surface area contributed by atoms with Crippen LogP contribution >= 0.6 is 7.60 Å². The Balaban J connectivity index is 2.41. The van der Waals surface area contributed by atoms with Crippen LogP contribution < -0.4 is 9.84 Å². The topological polar surface area (TPSA) is 47.6 Å². The molecule has 0 aliphatic carbocycles. The van der Waals surface area contributed by atoms with E-state index in [0.29, 0.717) is 18.5 Å². The molecule has 0 amide bonds. The van der Waals surface area contributed by atoms with E-state index in [1.54, 1.807) is 0 Å². The van der Waals surface area contributed by atoms with Gasteiger partial charge in [0.2, 0.25) is 0 Å². The summed E-state index contributed by atoms with van der Waals surface area (Å²) in [6, 6.07) is 7.49. The van der Waals surface area contributed by atoms with Crippen LogP contribution in [0, 0.1) is 0 Å². The van der Waals surface area contributed by atoms with Gasteiger partial charge in [0.25, 0.3) is 0 Å². The lowest BCUT2D eigenvalue weighted by molar-refractivity contribution is 0.257. The van der Waals surface area contributed by atoms with Crippen molar-refractivity contribution in [3.8, 4) is 5.75 Å². The zero-order valence-electron chi connectivity index (χ0n) is 16.3. The molecule has 0 aromatic heterocycles. The van der Waals surface area contributed by atoms with E-state index >= 15 is 0 Å². The lowest BCUT2D eigenvalue weighted by Gasteiger charge is -2.19. The van der Waals surface area contributed by atoms with Crippen LogP contribution in [-0.2, 0) is 9.09 Å². The lowest BCUT2D eigenvalue weighted by Crippen LogP contribution is -2.04. The molecular weight excluding hydrogens is 333 g/mol. The third-order valence-electron chi connectivity index (χ3n) is 4.21. The summed E-state index contributed by atoms with van der Waals surface area (Å²) >= 11 is 0. The van der Waals surface area contributed by atoms with Gasteiger partial charge >= 0.3 is 7.60 Å². The summed E-state index contributed by atoms with van der Waals surface area (Å²) in [7, 11) is -1.20. The minimum absolute atomic E-state index is 0.480. The Morgan fingerprint density at radius 2 is 1.48 bits per heavy atom. The fraction of sp³-hybridized carbons (Fsp3) is 0.700. The van der Waals surface area contributed by atoms with Crippen LogP contribution in [0.1, 0.15) is 71.6 Å². The molecule has 1 rings (SSSR count). The van der Waals surface area contributed by atoms with E-state index in [0.717, 1.165) is 31.4 Å². The highest BCUT2D eigenvalue weighted by Gasteiger charge is 2.25. The molecule has 0 spiro atoms. The zero-order valence-corrected chi connectivity index (χ0v) is 17.2. The van der Waals surface area contributed by atoms with Gasteiger partial charge in [0, 0.05) is 12.7 Å². The highest BCUT2D eigenvalue weighted by atomic mass is 31.2. The van der Waals surface area contributed by atoms with Crippen molar-refractivity contribution in [1.82, 2.24) is 0 Å². The van der Waals surface area contributed by atoms with Crippen LogP contribution in [0.3, 0.4) is 0 Å². The Kier molecular flexibility index (Phi) is 11.7. The maximum atomic E-state index is 13.0. The van der Waals surface area contributed by atoms with Gasteiger partial charge in [-0.05, 0) is 37.1 Å². The first-order valence-electron chi connectivity index (χ1n) is 9.84. The van der Waals surface area contributed by atoms with E-state index in [2.05, 4.69) is 19.2 Å². The van der Waals surface area contributed by atoms with Crippen molar-refractivity contribution < 1.29 is 13.6 Å². The van der Waals surface area contributed by atoms with Crippen LogP contribution in [0.15, 0.2) is 24.3 Å². The van der Waals surface area contributed by atoms with E-state index in [-0.39, 0.29) is 0 Å². The minimum Gasteiger partial charge on any atom is -0.424 e. The Hall–Kier alpha value is -0.990. The molecule has 1 aromatic rings. The van der Waals surface area contributed by atoms with Crippen molar-refractivity contribution >= 4 is 13.3 Å². The molecule has 4 nitrogen and oxygen atoms in total. The molecule has 0 fully saturated rings. The zero-order chi connectivity index (χ0) is 18.4. The molecule has 1 atom stereocenters. The normalized spacial score (nSPS) is 13.4. The monoisotopic (exact) mass is 369 g/mol. The van der Waals surface area contributed by atoms with Crippen molar-refractivity contribution in [1.29, 1.82) is 0 Å². The molecule has 0 saturated carbocycles. The number of rotatable bonds is 15. The Labute approximate surface area is 154 Å². The average Bonchev–Trinajstić information content (AvgIpc) is 2.63. The fourth-order valence-corrected chi connectivity index (χ4v) is 4.42. The SMILES string of the molecule is CCCCCCCCCOP(=O)(CCCC)Oc1ccc(NC)cc1. The smallest absolute Gasteiger partial charge is 0.379 e. The van der Waals surface area contributed by atoms with Crippen molar-refractivity contribution in [2.45, 2.75) is 71.6 Å². The molecule has 0 bridgehead atoms. The summed E-state index contributed by atoms with van der Waals surface area (Å²) in [4.78, 5) is 0. The van der Waals surface area contributed by atoms with E-state index in [1.807, 2.05) is 31.3 Å². The molecule has 5 heteroatoms. The number of hydrogen-bond acceptors (Lipinski definition) is 4. The fourth-order valence-electron chi connectivity index (χ4n) is 2.59. The van der Waals surface area contributed by atoms with E-state index in [4.69, 9.17) is 9.05 Å². The molecule has 0 aliphatic rings. The highest BCUT2D eigenvalue weighted by molar-refractivity contribution is 7.54. The predicted molar refractivity (Wildman–Crippen MR) is 108 cm³/mol. The predicted octanol–water partition coefficient (Wildman–Crippen LogP) is 6.87. The molecular formula is C20H36NO3P. The summed E-state index contributed by atoms with van der Waals surface area (Å²) in [5, 5.41) is 3.06. The van der Waals surface area contributed by atoms with E-state index in [9.17, 15) is 4.57 Å². The van der Waals surface area contributed by atoms with Gasteiger partial charge in [0.05, 0.1) is 12.8 Å². The molecule has 0 aliphatic heterocycles. The van der Waals surface area contributed by atoms with Gasteiger partial charge in [-0.25, -0.2) is 4.57 Å². The van der Waals surface area contributed by atoms with Crippen LogP contribution in [0.25, 0.3) is 0 Å². The molecule has 1 unspecified atom stereocenters. The minimum atomic E-state index is -3.07. The van der Waals surface area contributed by atoms with Gasteiger partial charge < -0.3 is 9.84 Å². The first-order valence-corrected chi connectivity index (χ1v) is 11.6. The quantitative estimate of drug-likeness (QED) is 0.271. The summed E-state index contributed by atoms with van der Waals surface area (Å²) in [5.41, 5.74) is 1.000.